The molecule has 1 heterocycles. The Bertz CT molecular complexity index is 387. The van der Waals surface area contributed by atoms with Crippen LogP contribution in [0.25, 0.3) is 0 Å². The van der Waals surface area contributed by atoms with Crippen molar-refractivity contribution in [3.8, 4) is 0 Å². The second-order valence-electron chi connectivity index (χ2n) is 4.21. The molecule has 0 aromatic carbocycles. The van der Waals surface area contributed by atoms with E-state index in [1.165, 1.54) is 0 Å². The second-order valence-corrected chi connectivity index (χ2v) is 4.21. The smallest absolute Gasteiger partial charge is 0.339 e. The van der Waals surface area contributed by atoms with Gasteiger partial charge in [-0.05, 0) is 12.8 Å². The van der Waals surface area contributed by atoms with Gasteiger partial charge < -0.3 is 9.84 Å². The summed E-state index contributed by atoms with van der Waals surface area (Å²) in [5, 5.41) is 9.06. The number of esters is 2. The lowest BCUT2D eigenvalue weighted by molar-refractivity contribution is -0.168. The minimum Gasteiger partial charge on any atom is -0.478 e. The highest BCUT2D eigenvalue weighted by atomic mass is 16.6. The highest BCUT2D eigenvalue weighted by Gasteiger charge is 2.50. The Hall–Kier alpha value is -1.65. The van der Waals surface area contributed by atoms with Gasteiger partial charge >= 0.3 is 17.9 Å². The minimum absolute atomic E-state index is 0.103. The summed E-state index contributed by atoms with van der Waals surface area (Å²) in [6.07, 6.45) is 4.40. The maximum Gasteiger partial charge on any atom is 0.339 e. The summed E-state index contributed by atoms with van der Waals surface area (Å²) in [4.78, 5) is 33.9. The van der Waals surface area contributed by atoms with E-state index in [0.29, 0.717) is 12.8 Å². The number of carboxylic acid groups (broad SMARTS) is 1. The molecule has 86 valence electrons. The third-order valence-corrected chi connectivity index (χ3v) is 3.30. The zero-order valence-electron chi connectivity index (χ0n) is 8.69. The van der Waals surface area contributed by atoms with E-state index < -0.39 is 23.3 Å². The molecule has 5 nitrogen and oxygen atoms in total. The third-order valence-electron chi connectivity index (χ3n) is 3.30. The summed E-state index contributed by atoms with van der Waals surface area (Å²) >= 11 is 0. The van der Waals surface area contributed by atoms with Crippen molar-refractivity contribution in [2.75, 3.05) is 0 Å². The van der Waals surface area contributed by atoms with Crippen LogP contribution in [0.15, 0.2) is 11.6 Å². The molecule has 1 aliphatic heterocycles. The van der Waals surface area contributed by atoms with Gasteiger partial charge in [0.25, 0.3) is 0 Å². The predicted molar refractivity (Wildman–Crippen MR) is 52.3 cm³/mol. The number of carbonyl (C=O) groups is 3. The van der Waals surface area contributed by atoms with E-state index in [1.54, 1.807) is 0 Å². The topological polar surface area (TPSA) is 80.7 Å². The first-order valence-electron chi connectivity index (χ1n) is 5.28. The van der Waals surface area contributed by atoms with E-state index in [2.05, 4.69) is 4.74 Å². The molecule has 1 aliphatic carbocycles. The van der Waals surface area contributed by atoms with Crippen molar-refractivity contribution in [2.45, 2.75) is 32.1 Å². The highest BCUT2D eigenvalue weighted by Crippen LogP contribution is 2.45. The second kappa shape index (κ2) is 3.73. The maximum absolute atomic E-state index is 11.7. The van der Waals surface area contributed by atoms with Crippen LogP contribution in [0.5, 0.6) is 0 Å². The number of carbonyl (C=O) groups excluding carboxylic acids is 2. The predicted octanol–water partition coefficient (Wildman–Crippen LogP) is 1.03. The van der Waals surface area contributed by atoms with Crippen LogP contribution in [0.4, 0.5) is 0 Å². The first-order valence-corrected chi connectivity index (χ1v) is 5.28. The number of cyclic esters (lactones) is 2. The molecule has 2 aliphatic rings. The fraction of sp³-hybridized carbons (Fsp3) is 0.545. The molecular formula is C11H12O5. The normalized spacial score (nSPS) is 23.9. The van der Waals surface area contributed by atoms with Gasteiger partial charge in [0.15, 0.2) is 0 Å². The summed E-state index contributed by atoms with van der Waals surface area (Å²) in [5.41, 5.74) is -1.19. The number of rotatable bonds is 1. The number of carboxylic acids is 1. The Morgan fingerprint density at radius 3 is 2.44 bits per heavy atom. The standard InChI is InChI=1S/C11H12O5/c12-8-6-7(9(13)14)11(10(15)16-8)4-2-1-3-5-11/h6H,1-5H2,(H,13,14). The number of hydrogen-bond donors (Lipinski definition) is 1. The summed E-state index contributed by atoms with van der Waals surface area (Å²) in [7, 11) is 0. The van der Waals surface area contributed by atoms with Gasteiger partial charge in [-0.3, -0.25) is 4.79 Å². The summed E-state index contributed by atoms with van der Waals surface area (Å²) in [5.74, 6) is -2.78. The lowest BCUT2D eigenvalue weighted by Gasteiger charge is -2.36. The average molecular weight is 224 g/mol. The average Bonchev–Trinajstić information content (AvgIpc) is 2.25. The SMILES string of the molecule is O=C1C=C(C(=O)O)C2(CCCCC2)C(=O)O1. The Balaban J connectivity index is 2.46. The number of aliphatic carboxylic acids is 1. The van der Waals surface area contributed by atoms with Crippen LogP contribution in [-0.2, 0) is 19.1 Å². The van der Waals surface area contributed by atoms with Gasteiger partial charge in [-0.1, -0.05) is 19.3 Å². The summed E-state index contributed by atoms with van der Waals surface area (Å²) in [6, 6.07) is 0. The third kappa shape index (κ3) is 1.52. The zero-order chi connectivity index (χ0) is 11.8. The molecule has 2 rings (SSSR count). The van der Waals surface area contributed by atoms with Crippen LogP contribution < -0.4 is 0 Å². The molecule has 5 heteroatoms. The first-order chi connectivity index (χ1) is 7.56. The Morgan fingerprint density at radius 1 is 1.25 bits per heavy atom. The van der Waals surface area contributed by atoms with Crippen LogP contribution in [0.1, 0.15) is 32.1 Å². The lowest BCUT2D eigenvalue weighted by Crippen LogP contribution is -2.43. The van der Waals surface area contributed by atoms with Gasteiger partial charge in [-0.15, -0.1) is 0 Å². The molecule has 1 N–H and O–H groups in total. The van der Waals surface area contributed by atoms with Crippen LogP contribution >= 0.6 is 0 Å². The fourth-order valence-electron chi connectivity index (χ4n) is 2.48. The molecule has 0 radical (unpaired) electrons. The van der Waals surface area contributed by atoms with Gasteiger partial charge in [0.1, 0.15) is 5.41 Å². The number of ether oxygens (including phenoxy) is 1. The molecule has 1 fully saturated rings. The van der Waals surface area contributed by atoms with Crippen molar-refractivity contribution in [1.82, 2.24) is 0 Å². The van der Waals surface area contributed by atoms with Crippen LogP contribution in [-0.4, -0.2) is 23.0 Å². The van der Waals surface area contributed by atoms with E-state index in [0.717, 1.165) is 25.3 Å². The van der Waals surface area contributed by atoms with Crippen LogP contribution in [0.3, 0.4) is 0 Å². The van der Waals surface area contributed by atoms with Gasteiger partial charge in [-0.2, -0.15) is 0 Å². The molecule has 0 bridgehead atoms. The lowest BCUT2D eigenvalue weighted by atomic mass is 9.68. The first kappa shape index (κ1) is 10.9. The fourth-order valence-corrected chi connectivity index (χ4v) is 2.48. The molecular weight excluding hydrogens is 212 g/mol. The van der Waals surface area contributed by atoms with E-state index in [1.807, 2.05) is 0 Å². The minimum atomic E-state index is -1.20. The van der Waals surface area contributed by atoms with Crippen LogP contribution in [0, 0.1) is 5.41 Å². The number of hydrogen-bond acceptors (Lipinski definition) is 4. The Morgan fingerprint density at radius 2 is 1.88 bits per heavy atom. The zero-order valence-corrected chi connectivity index (χ0v) is 8.69. The van der Waals surface area contributed by atoms with Gasteiger partial charge in [0.05, 0.1) is 5.57 Å². The monoisotopic (exact) mass is 224 g/mol. The Kier molecular flexibility index (Phi) is 2.53. The van der Waals surface area contributed by atoms with Crippen molar-refractivity contribution in [3.63, 3.8) is 0 Å². The van der Waals surface area contributed by atoms with Gasteiger partial charge in [0.2, 0.25) is 0 Å². The molecule has 1 saturated carbocycles. The molecule has 1 spiro atoms. The van der Waals surface area contributed by atoms with Gasteiger partial charge in [0, 0.05) is 6.08 Å². The molecule has 0 aromatic rings. The Labute approximate surface area is 92.1 Å². The van der Waals surface area contributed by atoms with Crippen molar-refractivity contribution in [1.29, 1.82) is 0 Å². The van der Waals surface area contributed by atoms with Crippen molar-refractivity contribution >= 4 is 17.9 Å². The molecule has 0 aromatic heterocycles. The molecule has 0 atom stereocenters. The summed E-state index contributed by atoms with van der Waals surface area (Å²) in [6.45, 7) is 0. The highest BCUT2D eigenvalue weighted by molar-refractivity contribution is 6.09. The summed E-state index contributed by atoms with van der Waals surface area (Å²) < 4.78 is 4.54. The maximum atomic E-state index is 11.7. The van der Waals surface area contributed by atoms with E-state index in [4.69, 9.17) is 5.11 Å². The largest absolute Gasteiger partial charge is 0.478 e. The van der Waals surface area contributed by atoms with E-state index in [-0.39, 0.29) is 5.57 Å². The van der Waals surface area contributed by atoms with Crippen molar-refractivity contribution in [2.24, 2.45) is 5.41 Å². The van der Waals surface area contributed by atoms with Crippen LogP contribution in [0.2, 0.25) is 0 Å². The van der Waals surface area contributed by atoms with E-state index in [9.17, 15) is 14.4 Å². The quantitative estimate of drug-likeness (QED) is 0.531. The van der Waals surface area contributed by atoms with Crippen molar-refractivity contribution in [3.05, 3.63) is 11.6 Å². The molecule has 0 amide bonds. The van der Waals surface area contributed by atoms with E-state index >= 15 is 0 Å². The van der Waals surface area contributed by atoms with Crippen molar-refractivity contribution < 1.29 is 24.2 Å². The molecule has 0 saturated heterocycles. The molecule has 16 heavy (non-hydrogen) atoms. The molecule has 0 unspecified atom stereocenters. The van der Waals surface area contributed by atoms with Gasteiger partial charge in [-0.25, -0.2) is 9.59 Å².